The number of rotatable bonds is 3. The van der Waals surface area contributed by atoms with Crippen molar-refractivity contribution in [2.24, 2.45) is 0 Å². The maximum Gasteiger partial charge on any atom is 0.172 e. The Kier molecular flexibility index (Phi) is 3.32. The molecule has 0 unspecified atom stereocenters. The van der Waals surface area contributed by atoms with Crippen LogP contribution in [0, 0.1) is 0 Å². The van der Waals surface area contributed by atoms with Gasteiger partial charge in [-0.2, -0.15) is 0 Å². The van der Waals surface area contributed by atoms with Crippen molar-refractivity contribution in [2.45, 2.75) is 6.54 Å². The number of hydrogen-bond acceptors (Lipinski definition) is 6. The Labute approximate surface area is 150 Å². The van der Waals surface area contributed by atoms with Crippen LogP contribution in [-0.2, 0) is 6.54 Å². The van der Waals surface area contributed by atoms with Crippen molar-refractivity contribution in [3.05, 3.63) is 72.9 Å². The first-order valence-corrected chi connectivity index (χ1v) is 8.38. The summed E-state index contributed by atoms with van der Waals surface area (Å²) in [5, 5.41) is 5.16. The van der Waals surface area contributed by atoms with E-state index in [0.29, 0.717) is 6.54 Å². The summed E-state index contributed by atoms with van der Waals surface area (Å²) >= 11 is 0. The molecular weight excluding hydrogens is 326 g/mol. The molecule has 1 aliphatic heterocycles. The maximum absolute atomic E-state index is 4.82. The second-order valence-corrected chi connectivity index (χ2v) is 6.26. The number of hydrazine groups is 2. The molecule has 0 amide bonds. The predicted molar refractivity (Wildman–Crippen MR) is 101 cm³/mol. The van der Waals surface area contributed by atoms with Crippen LogP contribution >= 0.6 is 0 Å². The zero-order chi connectivity index (χ0) is 17.5. The van der Waals surface area contributed by atoms with Crippen molar-refractivity contribution in [3.8, 4) is 5.82 Å². The molecule has 1 aromatic carbocycles. The minimum atomic E-state index is 0.697. The van der Waals surface area contributed by atoms with E-state index in [-0.39, 0.29) is 0 Å². The van der Waals surface area contributed by atoms with Gasteiger partial charge in [-0.15, -0.1) is 5.53 Å². The minimum Gasteiger partial charge on any atom is -0.290 e. The summed E-state index contributed by atoms with van der Waals surface area (Å²) in [6.07, 6.45) is 7.21. The molecule has 3 aromatic heterocycles. The number of benzene rings is 1. The SMILES string of the molecule is CN1NN(Cc2ccc3ncccc3c2)c2nc(-n3ccnc3)ccc21. The van der Waals surface area contributed by atoms with E-state index in [9.17, 15) is 0 Å². The Morgan fingerprint density at radius 3 is 2.92 bits per heavy atom. The van der Waals surface area contributed by atoms with Crippen molar-refractivity contribution in [1.29, 1.82) is 0 Å². The van der Waals surface area contributed by atoms with Gasteiger partial charge in [-0.25, -0.2) is 9.97 Å². The van der Waals surface area contributed by atoms with Gasteiger partial charge in [0.15, 0.2) is 5.82 Å². The zero-order valence-corrected chi connectivity index (χ0v) is 14.2. The van der Waals surface area contributed by atoms with E-state index < -0.39 is 0 Å². The van der Waals surface area contributed by atoms with Crippen LogP contribution in [0.25, 0.3) is 16.7 Å². The van der Waals surface area contributed by atoms with E-state index in [4.69, 9.17) is 4.98 Å². The van der Waals surface area contributed by atoms with Crippen molar-refractivity contribution in [3.63, 3.8) is 0 Å². The standard InChI is InChI=1S/C19H17N7/c1-24-17-6-7-18(25-10-9-20-13-25)22-19(17)26(23-24)12-14-4-5-16-15(11-14)3-2-8-21-16/h2-11,13,23H,12H2,1H3. The first kappa shape index (κ1) is 14.9. The van der Waals surface area contributed by atoms with E-state index >= 15 is 0 Å². The zero-order valence-electron chi connectivity index (χ0n) is 14.2. The molecule has 0 saturated heterocycles. The predicted octanol–water partition coefficient (Wildman–Crippen LogP) is 2.69. The Morgan fingerprint density at radius 1 is 1.08 bits per heavy atom. The van der Waals surface area contributed by atoms with Gasteiger partial charge in [0.25, 0.3) is 0 Å². The average molecular weight is 343 g/mol. The first-order chi connectivity index (χ1) is 12.8. The van der Waals surface area contributed by atoms with Gasteiger partial charge in [-0.05, 0) is 35.9 Å². The van der Waals surface area contributed by atoms with Crippen LogP contribution in [0.4, 0.5) is 11.5 Å². The van der Waals surface area contributed by atoms with Crippen LogP contribution in [0.2, 0.25) is 0 Å². The lowest BCUT2D eigenvalue weighted by atomic mass is 10.1. The van der Waals surface area contributed by atoms with Crippen molar-refractivity contribution < 1.29 is 0 Å². The summed E-state index contributed by atoms with van der Waals surface area (Å²) in [5.41, 5.74) is 6.58. The molecule has 0 saturated carbocycles. The fourth-order valence-corrected chi connectivity index (χ4v) is 3.23. The maximum atomic E-state index is 4.82. The molecule has 0 atom stereocenters. The number of fused-ring (bicyclic) bond motifs is 2. The smallest absolute Gasteiger partial charge is 0.172 e. The highest BCUT2D eigenvalue weighted by atomic mass is 15.8. The number of pyridine rings is 2. The van der Waals surface area contributed by atoms with E-state index in [1.54, 1.807) is 12.5 Å². The number of anilines is 2. The molecule has 1 N–H and O–H groups in total. The molecule has 0 fully saturated rings. The summed E-state index contributed by atoms with van der Waals surface area (Å²) in [6.45, 7) is 0.697. The quantitative estimate of drug-likeness (QED) is 0.617. The molecule has 0 bridgehead atoms. The Bertz CT molecular complexity index is 1070. The highest BCUT2D eigenvalue weighted by Crippen LogP contribution is 2.32. The van der Waals surface area contributed by atoms with Crippen molar-refractivity contribution in [1.82, 2.24) is 25.1 Å². The van der Waals surface area contributed by atoms with Crippen LogP contribution in [0.1, 0.15) is 5.56 Å². The van der Waals surface area contributed by atoms with Gasteiger partial charge in [0.2, 0.25) is 0 Å². The third-order valence-corrected chi connectivity index (χ3v) is 4.50. The molecule has 128 valence electrons. The molecule has 4 aromatic rings. The molecule has 26 heavy (non-hydrogen) atoms. The molecule has 5 rings (SSSR count). The van der Waals surface area contributed by atoms with Crippen LogP contribution in [0.5, 0.6) is 0 Å². The topological polar surface area (TPSA) is 62.1 Å². The normalized spacial score (nSPS) is 13.4. The summed E-state index contributed by atoms with van der Waals surface area (Å²) in [5.74, 6) is 1.73. The van der Waals surface area contributed by atoms with Gasteiger partial charge >= 0.3 is 0 Å². The van der Waals surface area contributed by atoms with E-state index in [2.05, 4.69) is 45.8 Å². The second-order valence-electron chi connectivity index (χ2n) is 6.26. The van der Waals surface area contributed by atoms with E-state index in [1.165, 1.54) is 5.56 Å². The lowest BCUT2D eigenvalue weighted by Crippen LogP contribution is -2.41. The number of imidazole rings is 1. The Hall–Kier alpha value is -3.45. The summed E-state index contributed by atoms with van der Waals surface area (Å²) in [7, 11) is 1.99. The van der Waals surface area contributed by atoms with Gasteiger partial charge in [-0.1, -0.05) is 12.1 Å². The van der Waals surface area contributed by atoms with Crippen molar-refractivity contribution in [2.75, 3.05) is 17.1 Å². The van der Waals surface area contributed by atoms with Crippen molar-refractivity contribution >= 4 is 22.4 Å². The van der Waals surface area contributed by atoms with Gasteiger partial charge in [-0.3, -0.25) is 19.6 Å². The summed E-state index contributed by atoms with van der Waals surface area (Å²) in [6, 6.07) is 14.4. The highest BCUT2D eigenvalue weighted by molar-refractivity contribution is 5.79. The second kappa shape index (κ2) is 5.82. The molecule has 0 spiro atoms. The number of nitrogens with one attached hydrogen (secondary N) is 1. The molecule has 0 aliphatic carbocycles. The van der Waals surface area contributed by atoms with E-state index in [1.807, 2.05) is 46.2 Å². The molecule has 4 heterocycles. The lowest BCUT2D eigenvalue weighted by Gasteiger charge is -2.19. The van der Waals surface area contributed by atoms with Crippen LogP contribution in [0.15, 0.2) is 67.4 Å². The fourth-order valence-electron chi connectivity index (χ4n) is 3.23. The van der Waals surface area contributed by atoms with Gasteiger partial charge < -0.3 is 0 Å². The highest BCUT2D eigenvalue weighted by Gasteiger charge is 2.25. The first-order valence-electron chi connectivity index (χ1n) is 8.38. The van der Waals surface area contributed by atoms with Crippen LogP contribution < -0.4 is 15.6 Å². The minimum absolute atomic E-state index is 0.697. The molecule has 0 radical (unpaired) electrons. The Balaban J connectivity index is 1.50. The lowest BCUT2D eigenvalue weighted by molar-refractivity contribution is 0.645. The third-order valence-electron chi connectivity index (χ3n) is 4.50. The summed E-state index contributed by atoms with van der Waals surface area (Å²) < 4.78 is 1.90. The van der Waals surface area contributed by atoms with Crippen LogP contribution in [-0.4, -0.2) is 26.6 Å². The van der Waals surface area contributed by atoms with E-state index in [0.717, 1.165) is 28.2 Å². The van der Waals surface area contributed by atoms with Gasteiger partial charge in [0.1, 0.15) is 12.1 Å². The largest absolute Gasteiger partial charge is 0.290 e. The number of nitrogens with zero attached hydrogens (tertiary/aromatic N) is 6. The third kappa shape index (κ3) is 2.46. The van der Waals surface area contributed by atoms with Crippen LogP contribution in [0.3, 0.4) is 0 Å². The molecule has 1 aliphatic rings. The Morgan fingerprint density at radius 2 is 2.04 bits per heavy atom. The molecule has 7 heteroatoms. The monoisotopic (exact) mass is 343 g/mol. The van der Waals surface area contributed by atoms with Gasteiger partial charge in [0.05, 0.1) is 17.7 Å². The molecular formula is C19H17N7. The summed E-state index contributed by atoms with van der Waals surface area (Å²) in [4.78, 5) is 13.3. The number of hydrogen-bond donors (Lipinski definition) is 1. The fraction of sp³-hybridized carbons (Fsp3) is 0.105. The van der Waals surface area contributed by atoms with Gasteiger partial charge in [0, 0.05) is 31.0 Å². The average Bonchev–Trinajstić information content (AvgIpc) is 3.31. The number of aromatic nitrogens is 4. The molecule has 7 nitrogen and oxygen atoms in total.